The van der Waals surface area contributed by atoms with Crippen LogP contribution in [0.4, 0.5) is 0 Å². The number of phosphoric acid groups is 1. The Hall–Kier alpha value is -0.680. The van der Waals surface area contributed by atoms with Crippen LogP contribution in [0.1, 0.15) is 25.3 Å². The standard InChI is InChI=1S/C14H24N2O9P2S/c1-3-4-26(19,28)25-11-5-10(24-12(11)8-23-27(20,21)22)7-16-6-9(2)13(17)15-14(16)18/h6,10-12H,3-5,7-8H2,1-2H3,(H,19,28)(H,15,17,18)(H2,20,21,22)/t10?,11-,12+,26?/m0/s1. The average molecular weight is 458 g/mol. The maximum atomic E-state index is 12.0. The van der Waals surface area contributed by atoms with Crippen molar-refractivity contribution in [2.45, 2.75) is 51.5 Å². The van der Waals surface area contributed by atoms with Crippen molar-refractivity contribution in [3.63, 3.8) is 0 Å². The van der Waals surface area contributed by atoms with Crippen LogP contribution in [0.15, 0.2) is 15.8 Å². The first-order chi connectivity index (χ1) is 12.9. The summed E-state index contributed by atoms with van der Waals surface area (Å²) < 4.78 is 28.2. The van der Waals surface area contributed by atoms with Gasteiger partial charge in [-0.25, -0.2) is 9.36 Å². The van der Waals surface area contributed by atoms with E-state index in [-0.39, 0.29) is 19.1 Å². The molecule has 1 aromatic rings. The van der Waals surface area contributed by atoms with E-state index in [1.165, 1.54) is 10.8 Å². The normalized spacial score (nSPS) is 25.0. The first kappa shape index (κ1) is 23.6. The molecule has 0 amide bonds. The smallest absolute Gasteiger partial charge is 0.368 e. The van der Waals surface area contributed by atoms with Crippen LogP contribution in [0, 0.1) is 6.92 Å². The minimum atomic E-state index is -4.72. The molecule has 0 saturated carbocycles. The number of hydrogen-bond acceptors (Lipinski definition) is 7. The molecule has 11 nitrogen and oxygen atoms in total. The van der Waals surface area contributed by atoms with E-state index in [1.54, 1.807) is 6.92 Å². The molecule has 1 aromatic heterocycles. The lowest BCUT2D eigenvalue weighted by molar-refractivity contribution is -0.0202. The van der Waals surface area contributed by atoms with Gasteiger partial charge in [0.25, 0.3) is 5.56 Å². The van der Waals surface area contributed by atoms with Crippen molar-refractivity contribution in [2.24, 2.45) is 0 Å². The topological polar surface area (TPSA) is 160 Å². The number of nitrogens with zero attached hydrogens (tertiary/aromatic N) is 1. The van der Waals surface area contributed by atoms with Gasteiger partial charge >= 0.3 is 13.5 Å². The predicted molar refractivity (Wildman–Crippen MR) is 104 cm³/mol. The minimum absolute atomic E-state index is 0.0742. The highest BCUT2D eigenvalue weighted by atomic mass is 32.5. The first-order valence-electron chi connectivity index (χ1n) is 8.56. The highest BCUT2D eigenvalue weighted by molar-refractivity contribution is 8.09. The lowest BCUT2D eigenvalue weighted by Gasteiger charge is -2.24. The number of rotatable bonds is 9. The van der Waals surface area contributed by atoms with Crippen LogP contribution in [-0.2, 0) is 36.7 Å². The summed E-state index contributed by atoms with van der Waals surface area (Å²) in [4.78, 5) is 53.7. The number of aromatic nitrogens is 2. The number of phosphoric ester groups is 1. The molecule has 2 unspecified atom stereocenters. The first-order valence-corrected chi connectivity index (χ1v) is 12.9. The third kappa shape index (κ3) is 6.98. The van der Waals surface area contributed by atoms with E-state index in [4.69, 9.17) is 30.9 Å². The molecule has 1 aliphatic rings. The predicted octanol–water partition coefficient (Wildman–Crippen LogP) is 0.209. The molecule has 2 rings (SSSR count). The molecule has 4 atom stereocenters. The fourth-order valence-corrected chi connectivity index (χ4v) is 5.40. The van der Waals surface area contributed by atoms with E-state index < -0.39 is 50.5 Å². The summed E-state index contributed by atoms with van der Waals surface area (Å²) in [7, 11) is -4.72. The van der Waals surface area contributed by atoms with Crippen molar-refractivity contribution in [1.29, 1.82) is 0 Å². The zero-order valence-corrected chi connectivity index (χ0v) is 18.0. The Morgan fingerprint density at radius 2 is 2.07 bits per heavy atom. The molecule has 0 radical (unpaired) electrons. The van der Waals surface area contributed by atoms with Gasteiger partial charge in [0.2, 0.25) is 0 Å². The largest absolute Gasteiger partial charge is 0.469 e. The van der Waals surface area contributed by atoms with Gasteiger partial charge in [0.15, 0.2) is 6.49 Å². The maximum Gasteiger partial charge on any atom is 0.469 e. The van der Waals surface area contributed by atoms with Crippen LogP contribution in [-0.4, -0.2) is 55.3 Å². The second-order valence-corrected chi connectivity index (χ2v) is 11.4. The monoisotopic (exact) mass is 458 g/mol. The molecule has 0 aliphatic carbocycles. The molecule has 0 bridgehead atoms. The Labute approximate surface area is 166 Å². The Kier molecular flexibility index (Phi) is 7.94. The third-order valence-corrected chi connectivity index (χ3v) is 6.98. The van der Waals surface area contributed by atoms with Crippen LogP contribution in [0.2, 0.25) is 0 Å². The summed E-state index contributed by atoms with van der Waals surface area (Å²) in [6.07, 6.45) is 0.307. The van der Waals surface area contributed by atoms with Gasteiger partial charge in [0.05, 0.1) is 25.4 Å². The van der Waals surface area contributed by atoms with Gasteiger partial charge in [0, 0.05) is 24.3 Å². The Morgan fingerprint density at radius 1 is 1.39 bits per heavy atom. The molecule has 1 saturated heterocycles. The number of hydrogen-bond donors (Lipinski definition) is 4. The van der Waals surface area contributed by atoms with E-state index in [1.807, 2.05) is 6.92 Å². The van der Waals surface area contributed by atoms with Gasteiger partial charge < -0.3 is 23.9 Å². The van der Waals surface area contributed by atoms with Crippen LogP contribution in [0.25, 0.3) is 0 Å². The van der Waals surface area contributed by atoms with Crippen molar-refractivity contribution < 1.29 is 33.0 Å². The average Bonchev–Trinajstić information content (AvgIpc) is 2.90. The fourth-order valence-electron chi connectivity index (χ4n) is 2.87. The summed E-state index contributed by atoms with van der Waals surface area (Å²) in [6.45, 7) is -0.0841. The second-order valence-electron chi connectivity index (χ2n) is 6.55. The Balaban J connectivity index is 2.16. The van der Waals surface area contributed by atoms with Crippen molar-refractivity contribution in [2.75, 3.05) is 12.8 Å². The molecule has 0 spiro atoms. The van der Waals surface area contributed by atoms with Crippen molar-refractivity contribution in [1.82, 2.24) is 9.55 Å². The quantitative estimate of drug-likeness (QED) is 0.377. The van der Waals surface area contributed by atoms with E-state index in [9.17, 15) is 19.0 Å². The number of ether oxygens (including phenoxy) is 1. The third-order valence-electron chi connectivity index (χ3n) is 4.08. The summed E-state index contributed by atoms with van der Waals surface area (Å²) in [6, 6.07) is 0. The molecular weight excluding hydrogens is 434 g/mol. The van der Waals surface area contributed by atoms with Gasteiger partial charge in [-0.3, -0.25) is 18.9 Å². The maximum absolute atomic E-state index is 12.0. The summed E-state index contributed by atoms with van der Waals surface area (Å²) in [5.74, 6) is 0. The second kappa shape index (κ2) is 9.42. The van der Waals surface area contributed by atoms with Crippen molar-refractivity contribution >= 4 is 26.1 Å². The lowest BCUT2D eigenvalue weighted by Crippen LogP contribution is -2.34. The highest BCUT2D eigenvalue weighted by Gasteiger charge is 2.40. The summed E-state index contributed by atoms with van der Waals surface area (Å²) in [5.41, 5.74) is -0.742. The Morgan fingerprint density at radius 3 is 2.68 bits per heavy atom. The molecule has 28 heavy (non-hydrogen) atoms. The van der Waals surface area contributed by atoms with E-state index in [0.29, 0.717) is 12.0 Å². The molecule has 160 valence electrons. The number of aromatic amines is 1. The van der Waals surface area contributed by atoms with Gasteiger partial charge in [-0.1, -0.05) is 6.92 Å². The molecule has 0 aromatic carbocycles. The zero-order chi connectivity index (χ0) is 21.1. The zero-order valence-electron chi connectivity index (χ0n) is 15.4. The van der Waals surface area contributed by atoms with E-state index in [0.717, 1.165) is 0 Å². The summed E-state index contributed by atoms with van der Waals surface area (Å²) in [5, 5.41) is 0. The van der Waals surface area contributed by atoms with Crippen LogP contribution >= 0.6 is 14.3 Å². The van der Waals surface area contributed by atoms with Crippen LogP contribution in [0.5, 0.6) is 0 Å². The molecule has 1 aliphatic heterocycles. The lowest BCUT2D eigenvalue weighted by atomic mass is 10.1. The summed E-state index contributed by atoms with van der Waals surface area (Å²) >= 11 is 5.11. The van der Waals surface area contributed by atoms with Crippen molar-refractivity contribution in [3.8, 4) is 0 Å². The molecule has 4 N–H and O–H groups in total. The number of H-pyrrole nitrogens is 1. The fraction of sp³-hybridized carbons (Fsp3) is 0.714. The molecule has 2 heterocycles. The molecule has 14 heteroatoms. The highest BCUT2D eigenvalue weighted by Crippen LogP contribution is 2.47. The molecular formula is C14H24N2O9P2S. The number of aryl methyl sites for hydroxylation is 1. The van der Waals surface area contributed by atoms with Gasteiger partial charge in [-0.05, 0) is 25.2 Å². The Bertz CT molecular complexity index is 896. The van der Waals surface area contributed by atoms with E-state index in [2.05, 4.69) is 9.51 Å². The van der Waals surface area contributed by atoms with Gasteiger partial charge in [0.1, 0.15) is 6.10 Å². The van der Waals surface area contributed by atoms with Crippen LogP contribution < -0.4 is 11.2 Å². The van der Waals surface area contributed by atoms with E-state index >= 15 is 0 Å². The minimum Gasteiger partial charge on any atom is -0.368 e. The van der Waals surface area contributed by atoms with Crippen molar-refractivity contribution in [3.05, 3.63) is 32.6 Å². The van der Waals surface area contributed by atoms with Crippen LogP contribution in [0.3, 0.4) is 0 Å². The molecule has 1 fully saturated rings. The SMILES string of the molecule is CCCP(O)(=S)O[C@H]1CC(Cn2cc(C)c(=O)[nH]c2=O)O[C@@H]1COP(=O)(O)O. The number of nitrogens with one attached hydrogen (secondary N) is 1. The van der Waals surface area contributed by atoms with Gasteiger partial charge in [-0.2, -0.15) is 0 Å². The van der Waals surface area contributed by atoms with Gasteiger partial charge in [-0.15, -0.1) is 0 Å².